The number of hydrogen-bond donors (Lipinski definition) is 1. The number of hydrogen-bond acceptors (Lipinski definition) is 6. The number of aliphatic carboxylic acids is 1. The van der Waals surface area contributed by atoms with Gasteiger partial charge in [-0.25, -0.2) is 0 Å². The summed E-state index contributed by atoms with van der Waals surface area (Å²) in [5, 5.41) is 10.2. The second kappa shape index (κ2) is 11.4. The van der Waals surface area contributed by atoms with E-state index in [1.54, 1.807) is 18.2 Å². The third-order valence-electron chi connectivity index (χ3n) is 7.55. The van der Waals surface area contributed by atoms with Crippen molar-refractivity contribution in [3.05, 3.63) is 80.1 Å². The normalized spacial score (nSPS) is 17.8. The molecule has 7 nitrogen and oxygen atoms in total. The van der Waals surface area contributed by atoms with Crippen molar-refractivity contribution in [1.82, 2.24) is 4.90 Å². The fourth-order valence-corrected chi connectivity index (χ4v) is 6.30. The first-order valence-corrected chi connectivity index (χ1v) is 13.8. The van der Waals surface area contributed by atoms with Crippen molar-refractivity contribution in [2.45, 2.75) is 57.5 Å². The molecule has 0 aromatic heterocycles. The lowest BCUT2D eigenvalue weighted by Gasteiger charge is -2.44. The van der Waals surface area contributed by atoms with Crippen molar-refractivity contribution in [3.8, 4) is 11.5 Å². The monoisotopic (exact) mass is 569 g/mol. The Morgan fingerprint density at radius 1 is 0.974 bits per heavy atom. The van der Waals surface area contributed by atoms with Crippen molar-refractivity contribution in [1.29, 1.82) is 0 Å². The third kappa shape index (κ3) is 5.30. The number of carboxylic acids is 1. The van der Waals surface area contributed by atoms with Gasteiger partial charge in [0, 0.05) is 58.4 Å². The van der Waals surface area contributed by atoms with Crippen molar-refractivity contribution < 1.29 is 29.0 Å². The number of methoxy groups -OCH3 is 1. The van der Waals surface area contributed by atoms with Crippen LogP contribution in [0.15, 0.2) is 58.9 Å². The highest BCUT2D eigenvalue weighted by molar-refractivity contribution is 6.32. The molecule has 0 radical (unpaired) electrons. The topological polar surface area (TPSA) is 93.1 Å². The molecule has 0 saturated heterocycles. The first kappa shape index (κ1) is 27.3. The molecule has 0 amide bonds. The molecule has 9 heteroatoms. The van der Waals surface area contributed by atoms with E-state index < -0.39 is 11.9 Å². The number of carbonyl (C=O) groups is 3. The summed E-state index contributed by atoms with van der Waals surface area (Å²) in [7, 11) is 1.51. The van der Waals surface area contributed by atoms with E-state index in [1.807, 2.05) is 23.1 Å². The molecular formula is C30H29Cl2NO6. The lowest BCUT2D eigenvalue weighted by molar-refractivity contribution is -0.137. The molecule has 0 fully saturated rings. The number of carbonyl (C=O) groups excluding carboxylic acids is 2. The average molecular weight is 570 g/mol. The lowest BCUT2D eigenvalue weighted by Crippen LogP contribution is -2.39. The Hall–Kier alpha value is -3.29. The molecule has 0 saturated carbocycles. The highest BCUT2D eigenvalue weighted by atomic mass is 35.5. The SMILES string of the molecule is COc1cc(C2C3=C(CCCC3=O)N(CCC(=O)O)C3=C2C(=O)CCC3)cc(Cl)c1OCc1ccccc1Cl. The predicted octanol–water partition coefficient (Wildman–Crippen LogP) is 6.47. The molecule has 1 aliphatic heterocycles. The van der Waals surface area contributed by atoms with Gasteiger partial charge in [0.05, 0.1) is 18.6 Å². The molecule has 0 spiro atoms. The second-order valence-electron chi connectivity index (χ2n) is 9.92. The summed E-state index contributed by atoms with van der Waals surface area (Å²) in [5.74, 6) is -0.847. The summed E-state index contributed by atoms with van der Waals surface area (Å²) in [4.78, 5) is 40.2. The molecule has 2 aromatic rings. The molecule has 2 aromatic carbocycles. The van der Waals surface area contributed by atoms with E-state index in [2.05, 4.69) is 0 Å². The Morgan fingerprint density at radius 3 is 2.21 bits per heavy atom. The summed E-state index contributed by atoms with van der Waals surface area (Å²) in [6.45, 7) is 0.401. The van der Waals surface area contributed by atoms with Crippen LogP contribution in [0.3, 0.4) is 0 Å². The number of Topliss-reactive ketones (excluding diaryl/α,β-unsaturated/α-hetero) is 2. The van der Waals surface area contributed by atoms with E-state index in [0.29, 0.717) is 76.8 Å². The van der Waals surface area contributed by atoms with Crippen molar-refractivity contribution >= 4 is 40.7 Å². The quantitative estimate of drug-likeness (QED) is 0.389. The molecule has 0 unspecified atom stereocenters. The van der Waals surface area contributed by atoms with Crippen LogP contribution in [-0.4, -0.2) is 41.2 Å². The van der Waals surface area contributed by atoms with E-state index in [1.165, 1.54) is 7.11 Å². The van der Waals surface area contributed by atoms with Gasteiger partial charge in [0.15, 0.2) is 23.1 Å². The predicted molar refractivity (Wildman–Crippen MR) is 147 cm³/mol. The van der Waals surface area contributed by atoms with Gasteiger partial charge in [-0.15, -0.1) is 0 Å². The highest BCUT2D eigenvalue weighted by Gasteiger charge is 2.43. The molecule has 1 heterocycles. The molecule has 3 aliphatic rings. The summed E-state index contributed by atoms with van der Waals surface area (Å²) in [6.07, 6.45) is 3.33. The molecule has 2 aliphatic carbocycles. The lowest BCUT2D eigenvalue weighted by atomic mass is 9.71. The third-order valence-corrected chi connectivity index (χ3v) is 8.20. The van der Waals surface area contributed by atoms with E-state index >= 15 is 0 Å². The van der Waals surface area contributed by atoms with Gasteiger partial charge in [0.2, 0.25) is 0 Å². The minimum absolute atomic E-state index is 0.0272. The smallest absolute Gasteiger partial charge is 0.305 e. The molecule has 39 heavy (non-hydrogen) atoms. The zero-order chi connectivity index (χ0) is 27.7. The zero-order valence-electron chi connectivity index (χ0n) is 21.6. The van der Waals surface area contributed by atoms with Crippen molar-refractivity contribution in [2.75, 3.05) is 13.7 Å². The Balaban J connectivity index is 1.60. The minimum Gasteiger partial charge on any atom is -0.493 e. The van der Waals surface area contributed by atoms with Gasteiger partial charge >= 0.3 is 5.97 Å². The largest absolute Gasteiger partial charge is 0.493 e. The van der Waals surface area contributed by atoms with Gasteiger partial charge in [-0.1, -0.05) is 41.4 Å². The number of benzene rings is 2. The number of allylic oxidation sites excluding steroid dienone is 4. The fraction of sp³-hybridized carbons (Fsp3) is 0.367. The number of carboxylic acid groups (broad SMARTS) is 1. The van der Waals surface area contributed by atoms with Crippen LogP contribution >= 0.6 is 23.2 Å². The van der Waals surface area contributed by atoms with E-state index in [-0.39, 0.29) is 31.1 Å². The zero-order valence-corrected chi connectivity index (χ0v) is 23.1. The first-order chi connectivity index (χ1) is 18.8. The van der Waals surface area contributed by atoms with Crippen LogP contribution in [0.1, 0.15) is 62.0 Å². The van der Waals surface area contributed by atoms with Gasteiger partial charge in [0.25, 0.3) is 0 Å². The maximum atomic E-state index is 13.4. The number of ketones is 2. The minimum atomic E-state index is -0.922. The van der Waals surface area contributed by atoms with E-state index in [0.717, 1.165) is 17.0 Å². The van der Waals surface area contributed by atoms with Gasteiger partial charge in [0.1, 0.15) is 6.61 Å². The Bertz CT molecular complexity index is 1370. The van der Waals surface area contributed by atoms with Gasteiger partial charge < -0.3 is 19.5 Å². The number of nitrogens with zero attached hydrogens (tertiary/aromatic N) is 1. The second-order valence-corrected chi connectivity index (χ2v) is 10.7. The number of halogens is 2. The van der Waals surface area contributed by atoms with Gasteiger partial charge in [-0.2, -0.15) is 0 Å². The molecular weight excluding hydrogens is 541 g/mol. The fourth-order valence-electron chi connectivity index (χ4n) is 5.84. The highest BCUT2D eigenvalue weighted by Crippen LogP contribution is 2.51. The number of rotatable bonds is 8. The van der Waals surface area contributed by atoms with Crippen LogP contribution in [0.25, 0.3) is 0 Å². The van der Waals surface area contributed by atoms with E-state index in [4.69, 9.17) is 32.7 Å². The first-order valence-electron chi connectivity index (χ1n) is 13.1. The molecule has 0 atom stereocenters. The summed E-state index contributed by atoms with van der Waals surface area (Å²) < 4.78 is 11.7. The molecule has 1 N–H and O–H groups in total. The van der Waals surface area contributed by atoms with Crippen molar-refractivity contribution in [2.24, 2.45) is 0 Å². The van der Waals surface area contributed by atoms with Crippen LogP contribution in [0.5, 0.6) is 11.5 Å². The van der Waals surface area contributed by atoms with Crippen LogP contribution in [-0.2, 0) is 21.0 Å². The van der Waals surface area contributed by atoms with Crippen molar-refractivity contribution in [3.63, 3.8) is 0 Å². The molecule has 0 bridgehead atoms. The standard InChI is InChI=1S/C30H29Cl2NO6/c1-38-25-15-18(14-20(32)30(25)39-16-17-6-2-3-7-19(17)31)27-28-21(8-4-10-23(28)34)33(13-12-26(36)37)22-9-5-11-24(35)29(22)27/h2-3,6-7,14-15,27H,4-5,8-13,16H2,1H3,(H,36,37). The van der Waals surface area contributed by atoms with Crippen LogP contribution in [0.2, 0.25) is 10.0 Å². The molecule has 5 rings (SSSR count). The van der Waals surface area contributed by atoms with Gasteiger partial charge in [-0.05, 0) is 49.4 Å². The average Bonchev–Trinajstić information content (AvgIpc) is 2.91. The Morgan fingerprint density at radius 2 is 1.62 bits per heavy atom. The summed E-state index contributed by atoms with van der Waals surface area (Å²) in [6, 6.07) is 10.9. The number of ether oxygens (including phenoxy) is 2. The van der Waals surface area contributed by atoms with E-state index in [9.17, 15) is 19.5 Å². The van der Waals surface area contributed by atoms with Gasteiger partial charge in [-0.3, -0.25) is 14.4 Å². The Kier molecular flexibility index (Phi) is 8.01. The Labute approximate surface area is 237 Å². The summed E-state index contributed by atoms with van der Waals surface area (Å²) in [5.41, 5.74) is 4.22. The maximum absolute atomic E-state index is 13.4. The molecule has 204 valence electrons. The van der Waals surface area contributed by atoms with Crippen LogP contribution < -0.4 is 9.47 Å². The van der Waals surface area contributed by atoms with Crippen LogP contribution in [0, 0.1) is 0 Å². The van der Waals surface area contributed by atoms with Crippen LogP contribution in [0.4, 0.5) is 0 Å². The maximum Gasteiger partial charge on any atom is 0.305 e. The summed E-state index contributed by atoms with van der Waals surface area (Å²) >= 11 is 13.0.